The van der Waals surface area contributed by atoms with Gasteiger partial charge in [0.05, 0.1) is 39.5 Å². The van der Waals surface area contributed by atoms with Gasteiger partial charge in [-0.05, 0) is 54.6 Å². The van der Waals surface area contributed by atoms with Gasteiger partial charge < -0.3 is 9.97 Å². The topological polar surface area (TPSA) is 57.4 Å². The van der Waals surface area contributed by atoms with E-state index in [1.807, 2.05) is 19.2 Å². The molecule has 357 valence electrons. The molecule has 0 radical (unpaired) electrons. The summed E-state index contributed by atoms with van der Waals surface area (Å²) < 4.78 is 284. The quantitative estimate of drug-likeness (QED) is 0.0802. The number of hydrogen-bond donors (Lipinski definition) is 2. The largest absolute Gasteiger partial charge is 0.355 e. The Morgan fingerprint density at radius 1 is 0.290 bits per heavy atom. The van der Waals surface area contributed by atoms with Crippen molar-refractivity contribution in [2.75, 3.05) is 0 Å². The molecular formula is C44H11F20N4Pd. The number of aromatic amines is 2. The van der Waals surface area contributed by atoms with E-state index in [1.54, 1.807) is 0 Å². The van der Waals surface area contributed by atoms with E-state index < -0.39 is 187 Å². The molecule has 0 spiro atoms. The Kier molecular flexibility index (Phi) is 12.4. The molecule has 0 unspecified atom stereocenters. The van der Waals surface area contributed by atoms with Crippen LogP contribution >= 0.6 is 0 Å². The number of nitrogens with one attached hydrogen (secondary N) is 2. The third-order valence-electron chi connectivity index (χ3n) is 10.1. The van der Waals surface area contributed by atoms with Crippen molar-refractivity contribution >= 4 is 50.4 Å². The number of benzene rings is 4. The Bertz CT molecular complexity index is 3400. The molecule has 4 aromatic carbocycles. The van der Waals surface area contributed by atoms with Crippen LogP contribution in [0.15, 0.2) is 30.3 Å². The molecule has 5 heterocycles. The fraction of sp³-hybridized carbons (Fsp3) is 0. The SMILES string of the molecule is Fc1c(F)c(F)[c]([Pd])c(F)c1F.Fc1c(F)c(F)c(-c2c3nc(c(-c4c(F)c(F)c(F)c(F)c4F)c4ccc([nH]4)c(-c4c(F)c(F)c(F)c(F)c4F)c4nc(cc5ccc2[nH]5)C=C4)C=C3)c(F)c1F. The Morgan fingerprint density at radius 2 is 0.565 bits per heavy atom. The summed E-state index contributed by atoms with van der Waals surface area (Å²) in [5, 5.41) is 0. The van der Waals surface area contributed by atoms with Crippen molar-refractivity contribution in [1.82, 2.24) is 19.9 Å². The van der Waals surface area contributed by atoms with E-state index in [2.05, 4.69) is 19.9 Å². The van der Waals surface area contributed by atoms with Gasteiger partial charge >= 0.3 is 74.3 Å². The summed E-state index contributed by atoms with van der Waals surface area (Å²) in [6.45, 7) is 0. The minimum Gasteiger partial charge on any atom is -0.355 e. The van der Waals surface area contributed by atoms with E-state index in [1.165, 1.54) is 12.1 Å². The van der Waals surface area contributed by atoms with Crippen LogP contribution in [0.4, 0.5) is 87.8 Å². The van der Waals surface area contributed by atoms with Crippen LogP contribution in [0.5, 0.6) is 0 Å². The van der Waals surface area contributed by atoms with Crippen LogP contribution in [0.1, 0.15) is 22.8 Å². The summed E-state index contributed by atoms with van der Waals surface area (Å²) in [4.78, 5) is 13.3. The molecule has 2 N–H and O–H groups in total. The third-order valence-corrected chi connectivity index (χ3v) is 10.8. The molecule has 0 saturated heterocycles. The first-order valence-corrected chi connectivity index (χ1v) is 19.1. The van der Waals surface area contributed by atoms with Gasteiger partial charge in [0, 0.05) is 38.8 Å². The van der Waals surface area contributed by atoms with E-state index in [4.69, 9.17) is 0 Å². The first-order valence-electron chi connectivity index (χ1n) is 18.3. The van der Waals surface area contributed by atoms with E-state index in [0.29, 0.717) is 0 Å². The Labute approximate surface area is 379 Å². The van der Waals surface area contributed by atoms with Crippen molar-refractivity contribution in [1.29, 1.82) is 0 Å². The van der Waals surface area contributed by atoms with Crippen LogP contribution in [-0.2, 0) is 19.2 Å². The Hall–Kier alpha value is -7.26. The van der Waals surface area contributed by atoms with Gasteiger partial charge in [0.15, 0.2) is 69.8 Å². The van der Waals surface area contributed by atoms with Crippen LogP contribution < -0.4 is 4.04 Å². The van der Waals surface area contributed by atoms with Crippen molar-refractivity contribution in [3.8, 4) is 33.4 Å². The second-order valence-electron chi connectivity index (χ2n) is 14.0. The molecule has 0 fully saturated rings. The zero-order chi connectivity index (χ0) is 50.4. The zero-order valence-corrected chi connectivity index (χ0v) is 34.0. The van der Waals surface area contributed by atoms with Gasteiger partial charge in [0.25, 0.3) is 0 Å². The number of halogens is 20. The molecule has 2 aliphatic rings. The van der Waals surface area contributed by atoms with Gasteiger partial charge in [-0.2, -0.15) is 0 Å². The molecule has 2 aliphatic heterocycles. The van der Waals surface area contributed by atoms with Crippen LogP contribution in [-0.4, -0.2) is 19.9 Å². The van der Waals surface area contributed by atoms with Crippen LogP contribution in [0.25, 0.3) is 79.8 Å². The molecule has 7 aromatic rings. The molecule has 69 heavy (non-hydrogen) atoms. The normalized spacial score (nSPS) is 12.0. The molecule has 3 aromatic heterocycles. The molecule has 25 heteroatoms. The molecule has 8 bridgehead atoms. The van der Waals surface area contributed by atoms with Crippen molar-refractivity contribution < 1.29 is 107 Å². The van der Waals surface area contributed by atoms with Gasteiger partial charge in [0.2, 0.25) is 17.5 Å². The summed E-state index contributed by atoms with van der Waals surface area (Å²) in [6, 6.07) is 5.12. The molecule has 4 nitrogen and oxygen atoms in total. The molecule has 0 amide bonds. The molecule has 0 saturated carbocycles. The van der Waals surface area contributed by atoms with Crippen LogP contribution in [0, 0.1) is 116 Å². The number of H-pyrrole nitrogens is 2. The molecule has 9 rings (SSSR count). The van der Waals surface area contributed by atoms with Gasteiger partial charge in [0.1, 0.15) is 0 Å². The number of rotatable bonds is 3. The standard InChI is InChI=1S/C38H11F15N4.C6F5.Pd/c39-24-21(25(40)31(46)36(51)30(24)45)18-12-3-1-10(54-12)9-11-2-4-13(55-11)19(22-26(41)32(47)37(52)33(48)27(22)42)15-6-8-17(57-15)20(16-7-5-14(18)56-16)23-28(43)34(49)38(53)35(50)29(23)44;7-2-1-3(8)5(10)6(11)4(2)9;/h1-9,54,57H;;. The maximum atomic E-state index is 15.6. The first kappa shape index (κ1) is 48.2. The summed E-state index contributed by atoms with van der Waals surface area (Å²) in [5.41, 5.74) is -11.6. The Balaban J connectivity index is 0.000000468. The molecular weight excluding hydrogens is 1070 g/mol. The minimum atomic E-state index is -2.60. The van der Waals surface area contributed by atoms with E-state index in [-0.39, 0.29) is 11.2 Å². The fourth-order valence-corrected chi connectivity index (χ4v) is 7.31. The third kappa shape index (κ3) is 7.72. The van der Waals surface area contributed by atoms with Gasteiger partial charge in [-0.15, -0.1) is 0 Å². The minimum absolute atomic E-state index is 0.0384. The van der Waals surface area contributed by atoms with Gasteiger partial charge in [-0.1, -0.05) is 0 Å². The predicted molar refractivity (Wildman–Crippen MR) is 200 cm³/mol. The second-order valence-corrected chi connectivity index (χ2v) is 14.8. The molecule has 0 aliphatic carbocycles. The number of nitrogens with zero attached hydrogens (tertiary/aromatic N) is 2. The van der Waals surface area contributed by atoms with E-state index >= 15 is 26.3 Å². The van der Waals surface area contributed by atoms with Gasteiger partial charge in [-0.25, -0.2) is 75.8 Å². The second kappa shape index (κ2) is 17.7. The number of fused-ring (bicyclic) bond motifs is 8. The maximum Gasteiger partial charge on any atom is 0.200 e. The van der Waals surface area contributed by atoms with E-state index in [0.717, 1.165) is 42.5 Å². The summed E-state index contributed by atoms with van der Waals surface area (Å²) in [5.74, 6) is -46.2. The van der Waals surface area contributed by atoms with Crippen molar-refractivity contribution in [2.24, 2.45) is 0 Å². The number of hydrogen-bond acceptors (Lipinski definition) is 2. The average Bonchev–Trinajstić information content (AvgIpc) is 4.19. The fourth-order valence-electron chi connectivity index (χ4n) is 6.97. The average molecular weight is 1080 g/mol. The van der Waals surface area contributed by atoms with E-state index in [9.17, 15) is 61.5 Å². The Morgan fingerprint density at radius 3 is 0.928 bits per heavy atom. The molecule has 0 atom stereocenters. The smallest absolute Gasteiger partial charge is 0.200 e. The van der Waals surface area contributed by atoms with Crippen molar-refractivity contribution in [2.45, 2.75) is 0 Å². The summed E-state index contributed by atoms with van der Waals surface area (Å²) in [7, 11) is 0. The summed E-state index contributed by atoms with van der Waals surface area (Å²) >= 11 is 1.94. The number of aromatic nitrogens is 4. The van der Waals surface area contributed by atoms with Crippen molar-refractivity contribution in [3.63, 3.8) is 0 Å². The van der Waals surface area contributed by atoms with Gasteiger partial charge in [-0.3, -0.25) is 0 Å². The van der Waals surface area contributed by atoms with Crippen LogP contribution in [0.2, 0.25) is 0 Å². The van der Waals surface area contributed by atoms with Crippen LogP contribution in [0.3, 0.4) is 0 Å². The maximum absolute atomic E-state index is 15.6. The first-order chi connectivity index (χ1) is 32.5. The summed E-state index contributed by atoms with van der Waals surface area (Å²) in [6.07, 6.45) is 3.82. The monoisotopic (exact) mass is 1080 g/mol. The predicted octanol–water partition coefficient (Wildman–Crippen LogP) is 13.3. The van der Waals surface area contributed by atoms with Crippen molar-refractivity contribution in [3.05, 3.63) is 169 Å². The zero-order valence-electron chi connectivity index (χ0n) is 32.5.